The van der Waals surface area contributed by atoms with Crippen molar-refractivity contribution in [3.8, 4) is 11.3 Å². The van der Waals surface area contributed by atoms with Crippen LogP contribution in [0.2, 0.25) is 0 Å². The topological polar surface area (TPSA) is 71.8 Å². The Hall–Kier alpha value is -3.05. The normalized spacial score (nSPS) is 16.8. The van der Waals surface area contributed by atoms with E-state index in [1.165, 1.54) is 30.1 Å². The van der Waals surface area contributed by atoms with E-state index in [1.807, 2.05) is 34.0 Å². The summed E-state index contributed by atoms with van der Waals surface area (Å²) in [5.74, 6) is -0.812. The van der Waals surface area contributed by atoms with E-state index in [1.54, 1.807) is 37.4 Å². The molecule has 5 rings (SSSR count). The minimum Gasteiger partial charge on any atom is -0.593 e. The van der Waals surface area contributed by atoms with E-state index < -0.39 is 17.2 Å². The van der Waals surface area contributed by atoms with Crippen molar-refractivity contribution in [1.29, 1.82) is 0 Å². The van der Waals surface area contributed by atoms with Crippen molar-refractivity contribution in [2.45, 2.75) is 23.7 Å². The molecule has 0 aliphatic carbocycles. The van der Waals surface area contributed by atoms with Crippen molar-refractivity contribution < 1.29 is 22.5 Å². The highest BCUT2D eigenvalue weighted by molar-refractivity contribution is 7.99. The molecule has 1 amide bonds. The van der Waals surface area contributed by atoms with Gasteiger partial charge in [0, 0.05) is 49.8 Å². The molecule has 1 aromatic heterocycles. The van der Waals surface area contributed by atoms with Gasteiger partial charge >= 0.3 is 0 Å². The maximum Gasteiger partial charge on any atom is 0.255 e. The summed E-state index contributed by atoms with van der Waals surface area (Å²) in [6.45, 7) is 1.07. The van der Waals surface area contributed by atoms with Crippen molar-refractivity contribution in [3.05, 3.63) is 83.4 Å². The van der Waals surface area contributed by atoms with Gasteiger partial charge in [0.05, 0.1) is 29.2 Å². The van der Waals surface area contributed by atoms with Gasteiger partial charge in [-0.25, -0.2) is 8.78 Å². The zero-order chi connectivity index (χ0) is 27.7. The maximum atomic E-state index is 14.4. The minimum absolute atomic E-state index is 0.00909. The third kappa shape index (κ3) is 5.38. The zero-order valence-electron chi connectivity index (χ0n) is 21.9. The fraction of sp³-hybridized carbons (Fsp3) is 0.276. The Morgan fingerprint density at radius 2 is 1.92 bits per heavy atom. The molecule has 1 fully saturated rings. The molecule has 1 unspecified atom stereocenters. The number of benzene rings is 3. The van der Waals surface area contributed by atoms with E-state index >= 15 is 0 Å². The minimum atomic E-state index is -1.63. The van der Waals surface area contributed by atoms with Crippen LogP contribution in [0.25, 0.3) is 22.3 Å². The SMILES string of the molecule is CNC(=O)c1c(-c2ccc(F)cc2)oc2cc(N(C)SC)c([C@@H]3CCCN([S+]([O-])c4ccccc4F)C3)cc12. The van der Waals surface area contributed by atoms with Crippen LogP contribution in [0.3, 0.4) is 0 Å². The molecule has 0 saturated carbocycles. The van der Waals surface area contributed by atoms with Gasteiger partial charge < -0.3 is 18.6 Å². The van der Waals surface area contributed by atoms with E-state index in [0.717, 1.165) is 24.1 Å². The first-order valence-corrected chi connectivity index (χ1v) is 14.9. The summed E-state index contributed by atoms with van der Waals surface area (Å²) in [5.41, 5.74) is 3.42. The second-order valence-electron chi connectivity index (χ2n) is 9.39. The molecular weight excluding hydrogens is 540 g/mol. The average Bonchev–Trinajstić information content (AvgIpc) is 3.34. The summed E-state index contributed by atoms with van der Waals surface area (Å²) in [6, 6.07) is 15.9. The molecule has 2 atom stereocenters. The van der Waals surface area contributed by atoms with Gasteiger partial charge in [0.15, 0.2) is 5.82 Å². The molecule has 4 aromatic rings. The van der Waals surface area contributed by atoms with Crippen LogP contribution in [0, 0.1) is 11.6 Å². The van der Waals surface area contributed by atoms with Crippen molar-refractivity contribution in [3.63, 3.8) is 0 Å². The summed E-state index contributed by atoms with van der Waals surface area (Å²) < 4.78 is 51.5. The van der Waals surface area contributed by atoms with Gasteiger partial charge in [0.25, 0.3) is 5.91 Å². The van der Waals surface area contributed by atoms with Gasteiger partial charge in [-0.1, -0.05) is 24.1 Å². The largest absolute Gasteiger partial charge is 0.593 e. The van der Waals surface area contributed by atoms with E-state index in [9.17, 15) is 18.1 Å². The Kier molecular flexibility index (Phi) is 8.18. The van der Waals surface area contributed by atoms with Crippen LogP contribution in [0.1, 0.15) is 34.7 Å². The van der Waals surface area contributed by atoms with Crippen LogP contribution >= 0.6 is 11.9 Å². The second-order valence-corrected chi connectivity index (χ2v) is 11.8. The summed E-state index contributed by atoms with van der Waals surface area (Å²) in [4.78, 5) is 13.3. The molecule has 6 nitrogen and oxygen atoms in total. The van der Waals surface area contributed by atoms with Gasteiger partial charge in [0.1, 0.15) is 17.2 Å². The van der Waals surface area contributed by atoms with Crippen molar-refractivity contribution in [2.24, 2.45) is 0 Å². The number of carbonyl (C=O) groups is 1. The number of piperidine rings is 1. The van der Waals surface area contributed by atoms with E-state index in [2.05, 4.69) is 5.32 Å². The number of hydrogen-bond donors (Lipinski definition) is 1. The number of anilines is 1. The van der Waals surface area contributed by atoms with Crippen molar-refractivity contribution in [2.75, 3.05) is 37.7 Å². The monoisotopic (exact) mass is 569 g/mol. The first kappa shape index (κ1) is 27.5. The number of nitrogens with zero attached hydrogens (tertiary/aromatic N) is 2. The van der Waals surface area contributed by atoms with Crippen LogP contribution in [-0.2, 0) is 11.4 Å². The number of nitrogens with one attached hydrogen (secondary N) is 1. The number of halogens is 2. The molecule has 0 bridgehead atoms. The van der Waals surface area contributed by atoms with Crippen molar-refractivity contribution >= 4 is 45.9 Å². The van der Waals surface area contributed by atoms with Crippen LogP contribution in [0.5, 0.6) is 0 Å². The fourth-order valence-electron chi connectivity index (χ4n) is 5.07. The summed E-state index contributed by atoms with van der Waals surface area (Å²) >= 11 is -0.0940. The molecule has 204 valence electrons. The molecule has 0 radical (unpaired) electrons. The Morgan fingerprint density at radius 3 is 2.62 bits per heavy atom. The zero-order valence-corrected chi connectivity index (χ0v) is 23.5. The van der Waals surface area contributed by atoms with Crippen molar-refractivity contribution in [1.82, 2.24) is 9.62 Å². The number of rotatable bonds is 7. The van der Waals surface area contributed by atoms with Crippen LogP contribution in [-0.4, -0.2) is 48.2 Å². The lowest BCUT2D eigenvalue weighted by molar-refractivity contribution is 0.0964. The van der Waals surface area contributed by atoms with Crippen LogP contribution < -0.4 is 9.62 Å². The highest BCUT2D eigenvalue weighted by Crippen LogP contribution is 2.42. The summed E-state index contributed by atoms with van der Waals surface area (Å²) in [5, 5.41) is 3.35. The lowest BCUT2D eigenvalue weighted by Crippen LogP contribution is -2.39. The predicted molar refractivity (Wildman–Crippen MR) is 153 cm³/mol. The molecule has 1 N–H and O–H groups in total. The van der Waals surface area contributed by atoms with Gasteiger partial charge in [-0.3, -0.25) is 4.79 Å². The Morgan fingerprint density at radius 1 is 1.18 bits per heavy atom. The first-order chi connectivity index (χ1) is 18.8. The van der Waals surface area contributed by atoms with Gasteiger partial charge in [0.2, 0.25) is 4.90 Å². The third-order valence-corrected chi connectivity index (χ3v) is 9.35. The van der Waals surface area contributed by atoms with Crippen LogP contribution in [0.4, 0.5) is 14.5 Å². The molecule has 10 heteroatoms. The number of furan rings is 1. The molecule has 0 spiro atoms. The number of fused-ring (bicyclic) bond motifs is 1. The molecule has 1 saturated heterocycles. The van der Waals surface area contributed by atoms with Gasteiger partial charge in [-0.2, -0.15) is 0 Å². The third-order valence-electron chi connectivity index (χ3n) is 7.09. The molecule has 2 heterocycles. The quantitative estimate of drug-likeness (QED) is 0.207. The fourth-order valence-corrected chi connectivity index (χ4v) is 6.75. The van der Waals surface area contributed by atoms with E-state index in [4.69, 9.17) is 4.42 Å². The number of amides is 1. The predicted octanol–water partition coefficient (Wildman–Crippen LogP) is 6.35. The highest BCUT2D eigenvalue weighted by atomic mass is 32.2. The Balaban J connectivity index is 1.61. The molecule has 1 aliphatic heterocycles. The lowest BCUT2D eigenvalue weighted by atomic mass is 9.89. The molecule has 3 aromatic carbocycles. The van der Waals surface area contributed by atoms with Gasteiger partial charge in [-0.15, -0.1) is 4.31 Å². The Bertz CT molecular complexity index is 1500. The standard InChI is InChI=1S/C29H29F2N3O3S2/c1-32-29(35)27-22-15-21(19-7-6-14-34(17-19)39(36)26-9-5-4-8-23(26)31)24(33(2)38-3)16-25(22)37-28(27)18-10-12-20(30)13-11-18/h4-5,8-13,15-16,19H,6-7,14,17H2,1-3H3,(H,32,35)/t19-,39?/m1/s1. The van der Waals surface area contributed by atoms with E-state index in [0.29, 0.717) is 40.9 Å². The Labute approximate surface area is 233 Å². The summed E-state index contributed by atoms with van der Waals surface area (Å²) in [6.07, 6.45) is 3.61. The average molecular weight is 570 g/mol. The first-order valence-electron chi connectivity index (χ1n) is 12.6. The second kappa shape index (κ2) is 11.6. The number of carbonyl (C=O) groups excluding carboxylic acids is 1. The number of hydrogen-bond acceptors (Lipinski definition) is 6. The lowest BCUT2D eigenvalue weighted by Gasteiger charge is -2.34. The smallest absolute Gasteiger partial charge is 0.255 e. The van der Waals surface area contributed by atoms with Gasteiger partial charge in [-0.05, 0) is 60.9 Å². The highest BCUT2D eigenvalue weighted by Gasteiger charge is 2.34. The summed E-state index contributed by atoms with van der Waals surface area (Å²) in [7, 11) is 3.51. The van der Waals surface area contributed by atoms with E-state index in [-0.39, 0.29) is 22.5 Å². The van der Waals surface area contributed by atoms with Crippen LogP contribution in [0.15, 0.2) is 70.0 Å². The molecular formula is C29H29F2N3O3S2. The molecule has 1 aliphatic rings. The molecule has 39 heavy (non-hydrogen) atoms. The maximum absolute atomic E-state index is 14.4.